The van der Waals surface area contributed by atoms with E-state index in [0.717, 1.165) is 6.20 Å². The Hall–Kier alpha value is -3.07. The van der Waals surface area contributed by atoms with Crippen LogP contribution in [0.2, 0.25) is 0 Å². The average molecular weight is 399 g/mol. The number of fused-ring (bicyclic) bond motifs is 1. The lowest BCUT2D eigenvalue weighted by atomic mass is 10.0. The number of carbonyl (C=O) groups is 1. The summed E-state index contributed by atoms with van der Waals surface area (Å²) in [5, 5.41) is 14.3. The minimum absolute atomic E-state index is 0.0941. The molecule has 1 saturated heterocycles. The van der Waals surface area contributed by atoms with Crippen LogP contribution < -0.4 is 4.90 Å². The molecule has 0 spiro atoms. The Kier molecular flexibility index (Phi) is 4.91. The van der Waals surface area contributed by atoms with Crippen LogP contribution >= 0.6 is 0 Å². The van der Waals surface area contributed by atoms with Gasteiger partial charge in [0.2, 0.25) is 0 Å². The summed E-state index contributed by atoms with van der Waals surface area (Å²) < 4.78 is 20.4. The minimum atomic E-state index is -0.591. The van der Waals surface area contributed by atoms with Gasteiger partial charge in [-0.2, -0.15) is 5.10 Å². The van der Waals surface area contributed by atoms with Gasteiger partial charge in [0.1, 0.15) is 17.2 Å². The van der Waals surface area contributed by atoms with Crippen molar-refractivity contribution in [2.75, 3.05) is 18.1 Å². The van der Waals surface area contributed by atoms with Crippen molar-refractivity contribution in [1.82, 2.24) is 19.6 Å². The van der Waals surface area contributed by atoms with Crippen LogP contribution in [0.3, 0.4) is 0 Å². The highest BCUT2D eigenvalue weighted by atomic mass is 19.1. The summed E-state index contributed by atoms with van der Waals surface area (Å²) in [5.74, 6) is -0.347. The molecule has 1 fully saturated rings. The molecule has 0 bridgehead atoms. The topological polar surface area (TPSA) is 92.8 Å². The van der Waals surface area contributed by atoms with Crippen LogP contribution in [-0.2, 0) is 4.74 Å². The number of aliphatic hydroxyl groups excluding tert-OH is 1. The fraction of sp³-hybridized carbons (Fsp3) is 0.400. The fourth-order valence-electron chi connectivity index (χ4n) is 3.94. The highest BCUT2D eigenvalue weighted by Crippen LogP contribution is 2.44. The van der Waals surface area contributed by atoms with Crippen molar-refractivity contribution in [2.24, 2.45) is 0 Å². The van der Waals surface area contributed by atoms with Crippen LogP contribution in [0.1, 0.15) is 48.7 Å². The Morgan fingerprint density at radius 3 is 2.97 bits per heavy atom. The Bertz CT molecular complexity index is 1060. The zero-order chi connectivity index (χ0) is 20.6. The monoisotopic (exact) mass is 399 g/mol. The largest absolute Gasteiger partial charge is 0.462 e. The van der Waals surface area contributed by atoms with E-state index in [2.05, 4.69) is 15.1 Å². The number of ether oxygens (including phenoxy) is 1. The second-order valence-electron chi connectivity index (χ2n) is 7.35. The molecule has 0 unspecified atom stereocenters. The van der Waals surface area contributed by atoms with Gasteiger partial charge >= 0.3 is 5.97 Å². The van der Waals surface area contributed by atoms with Crippen LogP contribution in [0, 0.1) is 5.82 Å². The first-order chi connectivity index (χ1) is 14.0. The van der Waals surface area contributed by atoms with E-state index in [4.69, 9.17) is 4.74 Å². The van der Waals surface area contributed by atoms with Crippen molar-refractivity contribution in [3.8, 4) is 0 Å². The van der Waals surface area contributed by atoms with Crippen molar-refractivity contribution in [3.05, 3.63) is 53.9 Å². The van der Waals surface area contributed by atoms with Gasteiger partial charge in [0.25, 0.3) is 0 Å². The van der Waals surface area contributed by atoms with Crippen molar-refractivity contribution in [3.63, 3.8) is 0 Å². The summed E-state index contributed by atoms with van der Waals surface area (Å²) in [5.41, 5.74) is 0.752. The second-order valence-corrected chi connectivity index (χ2v) is 7.35. The molecule has 152 valence electrons. The highest BCUT2D eigenvalue weighted by Gasteiger charge is 2.44. The molecule has 0 aromatic carbocycles. The molecular formula is C20H22FN5O3. The standard InChI is InChI=1S/C20H22FN5O3/c1-3-29-19(28)15-11-23-25-7-5-17(24-18(15)25)26-16(4-6-20(26,2)12-27)13-8-14(21)10-22-9-13/h5,7-11,16,27H,3-4,6,12H2,1-2H3/t16-,20+/m1/s1. The predicted molar refractivity (Wildman–Crippen MR) is 103 cm³/mol. The van der Waals surface area contributed by atoms with Gasteiger partial charge in [0, 0.05) is 12.4 Å². The van der Waals surface area contributed by atoms with Gasteiger partial charge in [-0.15, -0.1) is 0 Å². The molecule has 0 radical (unpaired) electrons. The predicted octanol–water partition coefficient (Wildman–Crippen LogP) is 2.53. The van der Waals surface area contributed by atoms with E-state index in [0.29, 0.717) is 29.9 Å². The van der Waals surface area contributed by atoms with Crippen LogP contribution in [0.5, 0.6) is 0 Å². The Morgan fingerprint density at radius 1 is 1.41 bits per heavy atom. The first-order valence-corrected chi connectivity index (χ1v) is 9.49. The van der Waals surface area contributed by atoms with E-state index in [1.165, 1.54) is 16.8 Å². The summed E-state index contributed by atoms with van der Waals surface area (Å²) >= 11 is 0. The highest BCUT2D eigenvalue weighted by molar-refractivity contribution is 5.95. The maximum absolute atomic E-state index is 13.8. The zero-order valence-electron chi connectivity index (χ0n) is 16.2. The number of esters is 1. The van der Waals surface area contributed by atoms with Crippen LogP contribution in [0.4, 0.5) is 10.2 Å². The van der Waals surface area contributed by atoms with Crippen molar-refractivity contribution < 1.29 is 19.0 Å². The van der Waals surface area contributed by atoms with Crippen LogP contribution in [0.15, 0.2) is 36.9 Å². The molecule has 8 nitrogen and oxygen atoms in total. The number of nitrogens with zero attached hydrogens (tertiary/aromatic N) is 5. The second kappa shape index (κ2) is 7.40. The Morgan fingerprint density at radius 2 is 2.24 bits per heavy atom. The lowest BCUT2D eigenvalue weighted by Crippen LogP contribution is -2.46. The molecule has 2 atom stereocenters. The number of carbonyl (C=O) groups excluding carboxylic acids is 1. The summed E-state index contributed by atoms with van der Waals surface area (Å²) in [7, 11) is 0. The van der Waals surface area contributed by atoms with E-state index in [-0.39, 0.29) is 24.8 Å². The average Bonchev–Trinajstić information content (AvgIpc) is 3.29. The van der Waals surface area contributed by atoms with Gasteiger partial charge in [-0.25, -0.2) is 18.7 Å². The third kappa shape index (κ3) is 3.31. The number of pyridine rings is 1. The lowest BCUT2D eigenvalue weighted by molar-refractivity contribution is 0.0528. The van der Waals surface area contributed by atoms with Gasteiger partial charge in [0.15, 0.2) is 5.65 Å². The first-order valence-electron chi connectivity index (χ1n) is 9.49. The number of aromatic nitrogens is 4. The van der Waals surface area contributed by atoms with Gasteiger partial charge < -0.3 is 14.7 Å². The van der Waals surface area contributed by atoms with E-state index >= 15 is 0 Å². The molecule has 1 aliphatic heterocycles. The van der Waals surface area contributed by atoms with Crippen LogP contribution in [0.25, 0.3) is 5.65 Å². The molecule has 0 amide bonds. The number of halogens is 1. The molecule has 3 aromatic heterocycles. The minimum Gasteiger partial charge on any atom is -0.462 e. The van der Waals surface area contributed by atoms with E-state index in [9.17, 15) is 14.3 Å². The summed E-state index contributed by atoms with van der Waals surface area (Å²) in [4.78, 5) is 22.9. The first kappa shape index (κ1) is 19.3. The van der Waals surface area contributed by atoms with E-state index in [1.807, 2.05) is 11.8 Å². The summed E-state index contributed by atoms with van der Waals surface area (Å²) in [6.07, 6.45) is 7.33. The maximum Gasteiger partial charge on any atom is 0.343 e. The number of hydrogen-bond donors (Lipinski definition) is 1. The fourth-order valence-corrected chi connectivity index (χ4v) is 3.94. The molecule has 29 heavy (non-hydrogen) atoms. The summed E-state index contributed by atoms with van der Waals surface area (Å²) in [6.45, 7) is 3.83. The van der Waals surface area contributed by atoms with E-state index < -0.39 is 17.3 Å². The molecule has 4 rings (SSSR count). The van der Waals surface area contributed by atoms with Gasteiger partial charge in [0.05, 0.1) is 37.2 Å². The third-order valence-electron chi connectivity index (χ3n) is 5.40. The number of rotatable bonds is 5. The molecule has 4 heterocycles. The molecule has 0 aliphatic carbocycles. The number of aliphatic hydroxyl groups is 1. The Balaban J connectivity index is 1.81. The molecule has 3 aromatic rings. The quantitative estimate of drug-likeness (QED) is 0.659. The zero-order valence-corrected chi connectivity index (χ0v) is 16.2. The maximum atomic E-state index is 13.8. The van der Waals surface area contributed by atoms with Gasteiger partial charge in [-0.1, -0.05) is 0 Å². The van der Waals surface area contributed by atoms with Crippen molar-refractivity contribution in [1.29, 1.82) is 0 Å². The van der Waals surface area contributed by atoms with Crippen LogP contribution in [-0.4, -0.2) is 49.4 Å². The summed E-state index contributed by atoms with van der Waals surface area (Å²) in [6, 6.07) is 3.02. The smallest absolute Gasteiger partial charge is 0.343 e. The molecule has 1 aliphatic rings. The van der Waals surface area contributed by atoms with E-state index in [1.54, 1.807) is 25.4 Å². The lowest BCUT2D eigenvalue weighted by Gasteiger charge is -2.38. The SMILES string of the molecule is CCOC(=O)c1cnn2ccc(N3[C@@H](c4cncc(F)c4)CC[C@@]3(C)CO)nc12. The normalized spacial score (nSPS) is 21.7. The molecule has 9 heteroatoms. The van der Waals surface area contributed by atoms with Gasteiger partial charge in [-0.3, -0.25) is 4.98 Å². The Labute approximate surface area is 167 Å². The van der Waals surface area contributed by atoms with Crippen molar-refractivity contribution in [2.45, 2.75) is 38.3 Å². The third-order valence-corrected chi connectivity index (χ3v) is 5.40. The molecular weight excluding hydrogens is 377 g/mol. The number of anilines is 1. The number of hydrogen-bond acceptors (Lipinski definition) is 7. The van der Waals surface area contributed by atoms with Crippen molar-refractivity contribution >= 4 is 17.4 Å². The van der Waals surface area contributed by atoms with Gasteiger partial charge in [-0.05, 0) is 44.4 Å². The molecule has 0 saturated carbocycles. The molecule has 1 N–H and O–H groups in total.